The number of benzene rings is 1. The number of hydrogen-bond donors (Lipinski definition) is 1. The molecule has 1 N–H and O–H groups in total. The van der Waals surface area contributed by atoms with Crippen LogP contribution in [0.2, 0.25) is 0 Å². The predicted molar refractivity (Wildman–Crippen MR) is 156 cm³/mol. The maximum atomic E-state index is 13.8. The highest BCUT2D eigenvalue weighted by molar-refractivity contribution is 5.97. The van der Waals surface area contributed by atoms with Crippen molar-refractivity contribution in [2.45, 2.75) is 53.8 Å². The van der Waals surface area contributed by atoms with Crippen molar-refractivity contribution >= 4 is 28.9 Å². The lowest BCUT2D eigenvalue weighted by Crippen LogP contribution is -2.37. The molecule has 1 fully saturated rings. The van der Waals surface area contributed by atoms with E-state index in [1.54, 1.807) is 12.1 Å². The molecule has 1 aromatic carbocycles. The summed E-state index contributed by atoms with van der Waals surface area (Å²) in [5.41, 5.74) is 0.687. The minimum absolute atomic E-state index is 0.0575. The van der Waals surface area contributed by atoms with Crippen LogP contribution in [0.5, 0.6) is 0 Å². The second-order valence-corrected chi connectivity index (χ2v) is 11.4. The van der Waals surface area contributed by atoms with Crippen LogP contribution in [-0.4, -0.2) is 72.0 Å². The summed E-state index contributed by atoms with van der Waals surface area (Å²) in [5.74, 6) is 1.17. The summed E-state index contributed by atoms with van der Waals surface area (Å²) < 4.78 is 53.5. The Kier molecular flexibility index (Phi) is 9.98. The normalized spacial score (nSPS) is 15.1. The zero-order valence-electron chi connectivity index (χ0n) is 25.2. The first-order valence-corrected chi connectivity index (χ1v) is 14.4. The van der Waals surface area contributed by atoms with Crippen molar-refractivity contribution < 1.29 is 27.4 Å². The number of esters is 1. The van der Waals surface area contributed by atoms with Gasteiger partial charge < -0.3 is 19.7 Å². The van der Waals surface area contributed by atoms with E-state index in [0.717, 1.165) is 25.6 Å². The Labute approximate surface area is 245 Å². The summed E-state index contributed by atoms with van der Waals surface area (Å²) in [4.78, 5) is 22.2. The van der Waals surface area contributed by atoms with Crippen LogP contribution in [0.25, 0.3) is 5.65 Å². The number of ether oxygens (including phenoxy) is 2. The lowest BCUT2D eigenvalue weighted by atomic mass is 10.1. The number of imidazole rings is 1. The third kappa shape index (κ3) is 7.15. The molecule has 3 heterocycles. The highest BCUT2D eigenvalue weighted by atomic mass is 19.4. The Bertz CT molecular complexity index is 1380. The van der Waals surface area contributed by atoms with Crippen molar-refractivity contribution in [2.75, 3.05) is 56.7 Å². The highest BCUT2D eigenvalue weighted by Crippen LogP contribution is 2.36. The second-order valence-electron chi connectivity index (χ2n) is 11.4. The van der Waals surface area contributed by atoms with Crippen molar-refractivity contribution in [3.63, 3.8) is 0 Å². The van der Waals surface area contributed by atoms with E-state index >= 15 is 0 Å². The maximum absolute atomic E-state index is 13.8. The number of hydrogen-bond acceptors (Lipinski definition) is 8. The number of aromatic nitrogens is 3. The summed E-state index contributed by atoms with van der Waals surface area (Å²) in [5, 5.41) is 8.09. The molecule has 0 amide bonds. The van der Waals surface area contributed by atoms with Gasteiger partial charge in [0.2, 0.25) is 0 Å². The van der Waals surface area contributed by atoms with Gasteiger partial charge in [0.1, 0.15) is 5.56 Å². The molecule has 0 radical (unpaired) electrons. The first-order chi connectivity index (χ1) is 19.9. The third-order valence-corrected chi connectivity index (χ3v) is 7.54. The van der Waals surface area contributed by atoms with Crippen LogP contribution in [0.3, 0.4) is 0 Å². The first kappa shape index (κ1) is 31.6. The Morgan fingerprint density at radius 1 is 1.19 bits per heavy atom. The summed E-state index contributed by atoms with van der Waals surface area (Å²) in [7, 11) is 1.30. The number of fused-ring (bicyclic) bond motifs is 1. The standard InChI is InChI=1S/C30H41F3N6O3/c1-7-20(4)17-37(16-19(2)3)18-25-28(34-24-10-8-9-23(21(24)5)30(31,32)33)39-27(35-25)22(29(40)41-6)15-26(36-39)38-11-13-42-14-12-38/h8-10,15,19-20,34H,7,11-14,16-18H2,1-6H3. The van der Waals surface area contributed by atoms with E-state index in [-0.39, 0.29) is 22.5 Å². The van der Waals surface area contributed by atoms with Gasteiger partial charge in [-0.1, -0.05) is 40.2 Å². The summed E-state index contributed by atoms with van der Waals surface area (Å²) in [6.45, 7) is 14.3. The Morgan fingerprint density at radius 2 is 1.90 bits per heavy atom. The van der Waals surface area contributed by atoms with Gasteiger partial charge in [0.25, 0.3) is 0 Å². The van der Waals surface area contributed by atoms with E-state index in [2.05, 4.69) is 37.9 Å². The molecule has 42 heavy (non-hydrogen) atoms. The molecule has 2 aromatic heterocycles. The van der Waals surface area contributed by atoms with Crippen LogP contribution < -0.4 is 10.2 Å². The monoisotopic (exact) mass is 590 g/mol. The summed E-state index contributed by atoms with van der Waals surface area (Å²) >= 11 is 0. The largest absolute Gasteiger partial charge is 0.465 e. The fourth-order valence-corrected chi connectivity index (χ4v) is 5.20. The van der Waals surface area contributed by atoms with Gasteiger partial charge in [-0.3, -0.25) is 4.90 Å². The quantitative estimate of drug-likeness (QED) is 0.275. The number of nitrogens with one attached hydrogen (secondary N) is 1. The lowest BCUT2D eigenvalue weighted by Gasteiger charge is -2.28. The van der Waals surface area contributed by atoms with E-state index in [1.807, 2.05) is 4.90 Å². The van der Waals surface area contributed by atoms with Gasteiger partial charge in [-0.15, -0.1) is 5.10 Å². The number of anilines is 3. The van der Waals surface area contributed by atoms with Crippen molar-refractivity contribution in [3.05, 3.63) is 46.6 Å². The smallest absolute Gasteiger partial charge is 0.416 e. The fraction of sp³-hybridized carbons (Fsp3) is 0.567. The van der Waals surface area contributed by atoms with Gasteiger partial charge >= 0.3 is 12.1 Å². The number of morpholine rings is 1. The van der Waals surface area contributed by atoms with E-state index in [0.29, 0.717) is 62.0 Å². The molecule has 9 nitrogen and oxygen atoms in total. The molecule has 12 heteroatoms. The van der Waals surface area contributed by atoms with E-state index in [9.17, 15) is 18.0 Å². The molecule has 0 spiro atoms. The van der Waals surface area contributed by atoms with Crippen LogP contribution in [0.4, 0.5) is 30.5 Å². The number of rotatable bonds is 11. The zero-order chi connectivity index (χ0) is 30.6. The van der Waals surface area contributed by atoms with Crippen LogP contribution >= 0.6 is 0 Å². The number of methoxy groups -OCH3 is 1. The van der Waals surface area contributed by atoms with Gasteiger partial charge in [0.05, 0.1) is 31.6 Å². The van der Waals surface area contributed by atoms with Crippen LogP contribution in [0.15, 0.2) is 24.3 Å². The van der Waals surface area contributed by atoms with Crippen molar-refractivity contribution in [3.8, 4) is 0 Å². The Balaban J connectivity index is 1.92. The van der Waals surface area contributed by atoms with Crippen LogP contribution in [-0.2, 0) is 22.2 Å². The number of carbonyl (C=O) groups excluding carboxylic acids is 1. The molecule has 230 valence electrons. The molecular formula is C30H41F3N6O3. The van der Waals surface area contributed by atoms with Gasteiger partial charge in [-0.2, -0.15) is 17.7 Å². The first-order valence-electron chi connectivity index (χ1n) is 14.4. The average Bonchev–Trinajstić information content (AvgIpc) is 3.28. The molecular weight excluding hydrogens is 549 g/mol. The average molecular weight is 591 g/mol. The third-order valence-electron chi connectivity index (χ3n) is 7.54. The highest BCUT2D eigenvalue weighted by Gasteiger charge is 2.33. The Hall–Kier alpha value is -3.38. The molecule has 1 aliphatic heterocycles. The van der Waals surface area contributed by atoms with Crippen molar-refractivity contribution in [1.29, 1.82) is 0 Å². The molecule has 0 saturated carbocycles. The van der Waals surface area contributed by atoms with Crippen molar-refractivity contribution in [2.24, 2.45) is 11.8 Å². The number of halogens is 3. The van der Waals surface area contributed by atoms with E-state index in [4.69, 9.17) is 19.6 Å². The van der Waals surface area contributed by atoms with Gasteiger partial charge in [0.15, 0.2) is 17.3 Å². The molecule has 1 unspecified atom stereocenters. The van der Waals surface area contributed by atoms with Gasteiger partial charge in [-0.25, -0.2) is 9.78 Å². The minimum Gasteiger partial charge on any atom is -0.465 e. The molecule has 3 aromatic rings. The predicted octanol–water partition coefficient (Wildman–Crippen LogP) is 5.93. The molecule has 1 saturated heterocycles. The number of carbonyl (C=O) groups is 1. The van der Waals surface area contributed by atoms with E-state index < -0.39 is 17.7 Å². The fourth-order valence-electron chi connectivity index (χ4n) is 5.20. The summed E-state index contributed by atoms with van der Waals surface area (Å²) in [6.07, 6.45) is -3.50. The molecule has 0 aliphatic carbocycles. The number of nitrogens with zero attached hydrogens (tertiary/aromatic N) is 5. The van der Waals surface area contributed by atoms with Crippen molar-refractivity contribution in [1.82, 2.24) is 19.5 Å². The van der Waals surface area contributed by atoms with E-state index in [1.165, 1.54) is 24.6 Å². The topological polar surface area (TPSA) is 84.2 Å². The molecule has 1 aliphatic rings. The van der Waals surface area contributed by atoms with Gasteiger partial charge in [-0.05, 0) is 36.5 Å². The van der Waals surface area contributed by atoms with Gasteiger partial charge in [0, 0.05) is 44.5 Å². The van der Waals surface area contributed by atoms with Crippen LogP contribution in [0.1, 0.15) is 61.3 Å². The molecule has 0 bridgehead atoms. The maximum Gasteiger partial charge on any atom is 0.416 e. The number of alkyl halides is 3. The Morgan fingerprint density at radius 3 is 2.52 bits per heavy atom. The second kappa shape index (κ2) is 13.3. The SMILES string of the molecule is CCC(C)CN(Cc1nc2c(C(=O)OC)cc(N3CCOCC3)nn2c1Nc1cccc(C(F)(F)F)c1C)CC(C)C. The zero-order valence-corrected chi connectivity index (χ0v) is 25.2. The molecule has 1 atom stereocenters. The van der Waals surface area contributed by atoms with Crippen LogP contribution in [0, 0.1) is 18.8 Å². The summed E-state index contributed by atoms with van der Waals surface area (Å²) in [6, 6.07) is 5.71. The lowest BCUT2D eigenvalue weighted by molar-refractivity contribution is -0.138. The molecule has 4 rings (SSSR count). The minimum atomic E-state index is -4.51.